The van der Waals surface area contributed by atoms with Crippen LogP contribution in [0, 0.1) is 0 Å². The van der Waals surface area contributed by atoms with Crippen molar-refractivity contribution in [1.29, 1.82) is 0 Å². The summed E-state index contributed by atoms with van der Waals surface area (Å²) in [7, 11) is 0. The summed E-state index contributed by atoms with van der Waals surface area (Å²) in [5.41, 5.74) is 0.865. The first-order valence-electron chi connectivity index (χ1n) is 5.52. The molecule has 0 unspecified atom stereocenters. The van der Waals surface area contributed by atoms with E-state index in [0.717, 1.165) is 5.56 Å². The molecule has 1 heterocycles. The lowest BCUT2D eigenvalue weighted by molar-refractivity contribution is 0.116. The summed E-state index contributed by atoms with van der Waals surface area (Å²) in [5.74, 6) is 0.545. The second kappa shape index (κ2) is 4.86. The van der Waals surface area contributed by atoms with Gasteiger partial charge < -0.3 is 10.2 Å². The van der Waals surface area contributed by atoms with E-state index in [1.165, 1.54) is 4.90 Å². The average Bonchev–Trinajstić information content (AvgIpc) is 2.78. The number of amides is 2. The van der Waals surface area contributed by atoms with E-state index < -0.39 is 0 Å². The molecule has 0 radical (unpaired) electrons. The summed E-state index contributed by atoms with van der Waals surface area (Å²) < 4.78 is 0. The predicted molar refractivity (Wildman–Crippen MR) is 64.4 cm³/mol. The first kappa shape index (κ1) is 11.4. The average molecular weight is 233 g/mol. The molecule has 0 fully saturated rings. The maximum absolute atomic E-state index is 11.9. The van der Waals surface area contributed by atoms with Crippen LogP contribution in [0.15, 0.2) is 35.5 Å². The van der Waals surface area contributed by atoms with E-state index in [1.807, 2.05) is 44.2 Å². The van der Waals surface area contributed by atoms with Gasteiger partial charge in [0.1, 0.15) is 0 Å². The molecule has 17 heavy (non-hydrogen) atoms. The van der Waals surface area contributed by atoms with Crippen molar-refractivity contribution in [3.05, 3.63) is 35.9 Å². The first-order chi connectivity index (χ1) is 8.18. The number of hydrogen-bond donors (Lipinski definition) is 1. The fourth-order valence-corrected chi connectivity index (χ4v) is 1.53. The zero-order valence-corrected chi connectivity index (χ0v) is 9.88. The van der Waals surface area contributed by atoms with E-state index in [2.05, 4.69) is 10.5 Å². The van der Waals surface area contributed by atoms with Crippen molar-refractivity contribution in [3.63, 3.8) is 0 Å². The Morgan fingerprint density at radius 2 is 2.12 bits per heavy atom. The van der Waals surface area contributed by atoms with Crippen LogP contribution in [-0.4, -0.2) is 29.5 Å². The molecule has 0 saturated heterocycles. The molecule has 2 amide bonds. The Hall–Kier alpha value is -2.04. The lowest BCUT2D eigenvalue weighted by Crippen LogP contribution is -2.44. The van der Waals surface area contributed by atoms with Gasteiger partial charge in [0.2, 0.25) is 0 Å². The van der Waals surface area contributed by atoms with Crippen LogP contribution in [0.3, 0.4) is 0 Å². The van der Waals surface area contributed by atoms with Crippen molar-refractivity contribution in [2.75, 3.05) is 6.73 Å². The van der Waals surface area contributed by atoms with Crippen molar-refractivity contribution in [1.82, 2.24) is 10.2 Å². The van der Waals surface area contributed by atoms with Gasteiger partial charge in [0.25, 0.3) is 0 Å². The molecule has 1 aromatic rings. The van der Waals surface area contributed by atoms with Crippen LogP contribution in [0.1, 0.15) is 19.4 Å². The van der Waals surface area contributed by atoms with Crippen molar-refractivity contribution >= 4 is 11.9 Å². The summed E-state index contributed by atoms with van der Waals surface area (Å²) in [6.45, 7) is 3.98. The van der Waals surface area contributed by atoms with Crippen molar-refractivity contribution in [2.24, 2.45) is 5.16 Å². The lowest BCUT2D eigenvalue weighted by Gasteiger charge is -2.18. The Labute approximate surface area is 100 Å². The highest BCUT2D eigenvalue weighted by Gasteiger charge is 2.26. The number of carbonyl (C=O) groups excluding carboxylic acids is 1. The summed E-state index contributed by atoms with van der Waals surface area (Å²) >= 11 is 0. The molecule has 0 bridgehead atoms. The molecule has 5 nitrogen and oxygen atoms in total. The molecule has 0 atom stereocenters. The van der Waals surface area contributed by atoms with E-state index in [9.17, 15) is 4.79 Å². The highest BCUT2D eigenvalue weighted by atomic mass is 16.7. The highest BCUT2D eigenvalue weighted by Crippen LogP contribution is 2.12. The molecular formula is C12H15N3O2. The van der Waals surface area contributed by atoms with Gasteiger partial charge in [-0.25, -0.2) is 9.69 Å². The fourth-order valence-electron chi connectivity index (χ4n) is 1.53. The van der Waals surface area contributed by atoms with Crippen LogP contribution in [0.2, 0.25) is 0 Å². The molecule has 1 aromatic carbocycles. The van der Waals surface area contributed by atoms with Gasteiger partial charge in [0.05, 0.1) is 0 Å². The smallest absolute Gasteiger partial charge is 0.326 e. The second-order valence-corrected chi connectivity index (χ2v) is 4.07. The Bertz CT molecular complexity index is 429. The standard InChI is InChI=1S/C12H15N3O2/c1-9(2)13-12(16)15-8-17-14-11(15)10-6-4-3-5-7-10/h3-7,9H,8H2,1-2H3,(H,13,16). The van der Waals surface area contributed by atoms with Gasteiger partial charge in [0, 0.05) is 11.6 Å². The molecule has 90 valence electrons. The lowest BCUT2D eigenvalue weighted by atomic mass is 10.2. The molecule has 0 saturated carbocycles. The van der Waals surface area contributed by atoms with Crippen LogP contribution in [0.25, 0.3) is 0 Å². The minimum Gasteiger partial charge on any atom is -0.371 e. The number of nitrogens with one attached hydrogen (secondary N) is 1. The first-order valence-corrected chi connectivity index (χ1v) is 5.52. The molecule has 1 aliphatic rings. The molecular weight excluding hydrogens is 218 g/mol. The number of rotatable bonds is 2. The number of nitrogens with zero attached hydrogens (tertiary/aromatic N) is 2. The van der Waals surface area contributed by atoms with E-state index in [4.69, 9.17) is 4.84 Å². The second-order valence-electron chi connectivity index (χ2n) is 4.07. The third kappa shape index (κ3) is 2.55. The summed E-state index contributed by atoms with van der Waals surface area (Å²) in [5, 5.41) is 6.71. The zero-order chi connectivity index (χ0) is 12.3. The Kier molecular flexibility index (Phi) is 3.27. The predicted octanol–water partition coefficient (Wildman–Crippen LogP) is 1.76. The van der Waals surface area contributed by atoms with Crippen molar-refractivity contribution < 1.29 is 9.63 Å². The van der Waals surface area contributed by atoms with Gasteiger partial charge in [-0.3, -0.25) is 0 Å². The van der Waals surface area contributed by atoms with E-state index in [1.54, 1.807) is 0 Å². The van der Waals surface area contributed by atoms with Crippen LogP contribution in [0.5, 0.6) is 0 Å². The van der Waals surface area contributed by atoms with Crippen molar-refractivity contribution in [2.45, 2.75) is 19.9 Å². The minimum absolute atomic E-state index is 0.0834. The summed E-state index contributed by atoms with van der Waals surface area (Å²) in [6, 6.07) is 9.38. The highest BCUT2D eigenvalue weighted by molar-refractivity contribution is 6.07. The van der Waals surface area contributed by atoms with Gasteiger partial charge >= 0.3 is 6.03 Å². The molecule has 0 aromatic heterocycles. The molecule has 2 rings (SSSR count). The number of carbonyl (C=O) groups is 1. The molecule has 0 aliphatic carbocycles. The summed E-state index contributed by atoms with van der Waals surface area (Å²) in [4.78, 5) is 18.4. The summed E-state index contributed by atoms with van der Waals surface area (Å²) in [6.07, 6.45) is 0. The van der Waals surface area contributed by atoms with Crippen LogP contribution >= 0.6 is 0 Å². The van der Waals surface area contributed by atoms with Gasteiger partial charge in [-0.05, 0) is 13.8 Å². The fraction of sp³-hybridized carbons (Fsp3) is 0.333. The van der Waals surface area contributed by atoms with E-state index >= 15 is 0 Å². The number of hydrogen-bond acceptors (Lipinski definition) is 3. The van der Waals surface area contributed by atoms with Gasteiger partial charge in [-0.2, -0.15) is 0 Å². The van der Waals surface area contributed by atoms with Crippen molar-refractivity contribution in [3.8, 4) is 0 Å². The molecule has 5 heteroatoms. The van der Waals surface area contributed by atoms with Crippen LogP contribution < -0.4 is 5.32 Å². The maximum Gasteiger partial charge on any atom is 0.326 e. The largest absolute Gasteiger partial charge is 0.371 e. The molecule has 0 spiro atoms. The third-order valence-electron chi connectivity index (χ3n) is 2.28. The van der Waals surface area contributed by atoms with Crippen LogP contribution in [0.4, 0.5) is 4.79 Å². The Morgan fingerprint density at radius 1 is 1.41 bits per heavy atom. The minimum atomic E-state index is -0.194. The Balaban J connectivity index is 2.15. The van der Waals surface area contributed by atoms with Gasteiger partial charge in [-0.15, -0.1) is 0 Å². The van der Waals surface area contributed by atoms with Gasteiger partial charge in [0.15, 0.2) is 12.6 Å². The number of urea groups is 1. The Morgan fingerprint density at radius 3 is 2.76 bits per heavy atom. The number of benzene rings is 1. The number of amidine groups is 1. The molecule has 1 N–H and O–H groups in total. The maximum atomic E-state index is 11.9. The quantitative estimate of drug-likeness (QED) is 0.846. The third-order valence-corrected chi connectivity index (χ3v) is 2.28. The molecule has 1 aliphatic heterocycles. The zero-order valence-electron chi connectivity index (χ0n) is 9.88. The van der Waals surface area contributed by atoms with E-state index in [0.29, 0.717) is 5.84 Å². The monoisotopic (exact) mass is 233 g/mol. The normalized spacial score (nSPS) is 14.5. The SMILES string of the molecule is CC(C)NC(=O)N1CON=C1c1ccccc1. The topological polar surface area (TPSA) is 53.9 Å². The van der Waals surface area contributed by atoms with Crippen LogP contribution in [-0.2, 0) is 4.84 Å². The van der Waals surface area contributed by atoms with Gasteiger partial charge in [-0.1, -0.05) is 35.5 Å². The van der Waals surface area contributed by atoms with E-state index in [-0.39, 0.29) is 18.8 Å². The number of oxime groups is 1.